The minimum Gasteiger partial charge on any atom is -0.489 e. The summed E-state index contributed by atoms with van der Waals surface area (Å²) < 4.78 is 5.61. The van der Waals surface area contributed by atoms with Crippen molar-refractivity contribution in [2.45, 2.75) is 44.8 Å². The average molecular weight is 292 g/mol. The molecule has 118 valence electrons. The first kappa shape index (κ1) is 16.1. The number of hydrogen-bond acceptors (Lipinski definition) is 4. The van der Waals surface area contributed by atoms with E-state index in [9.17, 15) is 5.11 Å². The quantitative estimate of drug-likeness (QED) is 0.791. The fraction of sp³-hybridized carbons (Fsp3) is 0.647. The van der Waals surface area contributed by atoms with E-state index in [2.05, 4.69) is 18.9 Å². The lowest BCUT2D eigenvalue weighted by molar-refractivity contribution is 0.0518. The SMILES string of the molecule is CC1CCCC(N(C)CC(O)COc2ccccc2N)C1. The van der Waals surface area contributed by atoms with Crippen molar-refractivity contribution in [3.05, 3.63) is 24.3 Å². The molecule has 21 heavy (non-hydrogen) atoms. The maximum atomic E-state index is 10.2. The molecule has 0 heterocycles. The van der Waals surface area contributed by atoms with Crippen LogP contribution in [0.15, 0.2) is 24.3 Å². The van der Waals surface area contributed by atoms with Gasteiger partial charge in [0.1, 0.15) is 18.5 Å². The number of anilines is 1. The van der Waals surface area contributed by atoms with Crippen LogP contribution in [0, 0.1) is 5.92 Å². The molecular formula is C17H28N2O2. The summed E-state index contributed by atoms with van der Waals surface area (Å²) in [5, 5.41) is 10.2. The smallest absolute Gasteiger partial charge is 0.142 e. The molecule has 1 aliphatic carbocycles. The fourth-order valence-corrected chi connectivity index (χ4v) is 3.13. The Labute approximate surface area is 127 Å². The van der Waals surface area contributed by atoms with Crippen LogP contribution >= 0.6 is 0 Å². The first-order valence-electron chi connectivity index (χ1n) is 7.92. The number of benzene rings is 1. The standard InChI is InChI=1S/C17H28N2O2/c1-13-6-5-7-14(10-13)19(2)11-15(20)12-21-17-9-4-3-8-16(17)18/h3-4,8-9,13-15,20H,5-7,10-12,18H2,1-2H3. The average Bonchev–Trinajstić information content (AvgIpc) is 2.46. The van der Waals surface area contributed by atoms with Crippen LogP contribution in [0.1, 0.15) is 32.6 Å². The number of nitrogens with two attached hydrogens (primary N) is 1. The molecule has 4 nitrogen and oxygen atoms in total. The molecule has 1 aromatic rings. The topological polar surface area (TPSA) is 58.7 Å². The summed E-state index contributed by atoms with van der Waals surface area (Å²) in [5.74, 6) is 1.44. The molecule has 0 radical (unpaired) electrons. The Bertz CT molecular complexity index is 439. The third-order valence-electron chi connectivity index (χ3n) is 4.38. The number of nitrogens with zero attached hydrogens (tertiary/aromatic N) is 1. The molecule has 0 aromatic heterocycles. The van der Waals surface area contributed by atoms with Gasteiger partial charge in [0, 0.05) is 12.6 Å². The summed E-state index contributed by atoms with van der Waals surface area (Å²) in [7, 11) is 2.10. The second-order valence-electron chi connectivity index (χ2n) is 6.37. The van der Waals surface area contributed by atoms with E-state index in [1.54, 1.807) is 6.07 Å². The summed E-state index contributed by atoms with van der Waals surface area (Å²) in [6.07, 6.45) is 4.61. The zero-order chi connectivity index (χ0) is 15.2. The lowest BCUT2D eigenvalue weighted by Crippen LogP contribution is -2.41. The molecule has 4 heteroatoms. The predicted octanol–water partition coefficient (Wildman–Crippen LogP) is 2.52. The van der Waals surface area contributed by atoms with Gasteiger partial charge in [0.25, 0.3) is 0 Å². The first-order valence-corrected chi connectivity index (χ1v) is 7.92. The van der Waals surface area contributed by atoms with Crippen LogP contribution in [-0.2, 0) is 0 Å². The van der Waals surface area contributed by atoms with Crippen molar-refractivity contribution in [3.8, 4) is 5.75 Å². The zero-order valence-electron chi connectivity index (χ0n) is 13.2. The molecule has 0 amide bonds. The van der Waals surface area contributed by atoms with E-state index < -0.39 is 6.10 Å². The molecule has 3 atom stereocenters. The predicted molar refractivity (Wildman–Crippen MR) is 86.4 cm³/mol. The highest BCUT2D eigenvalue weighted by molar-refractivity contribution is 5.51. The van der Waals surface area contributed by atoms with Crippen molar-refractivity contribution in [2.24, 2.45) is 5.92 Å². The summed E-state index contributed by atoms with van der Waals surface area (Å²) >= 11 is 0. The van der Waals surface area contributed by atoms with Gasteiger partial charge in [-0.25, -0.2) is 0 Å². The van der Waals surface area contributed by atoms with Crippen LogP contribution in [0.4, 0.5) is 5.69 Å². The van der Waals surface area contributed by atoms with Gasteiger partial charge in [-0.15, -0.1) is 0 Å². The Hall–Kier alpha value is -1.26. The highest BCUT2D eigenvalue weighted by atomic mass is 16.5. The molecule has 0 spiro atoms. The second-order valence-corrected chi connectivity index (χ2v) is 6.37. The number of likely N-dealkylation sites (N-methyl/N-ethyl adjacent to an activating group) is 1. The van der Waals surface area contributed by atoms with Gasteiger partial charge in [-0.05, 0) is 37.9 Å². The molecule has 2 rings (SSSR count). The Morgan fingerprint density at radius 2 is 2.14 bits per heavy atom. The molecule has 3 unspecified atom stereocenters. The first-order chi connectivity index (χ1) is 10.1. The van der Waals surface area contributed by atoms with Gasteiger partial charge >= 0.3 is 0 Å². The van der Waals surface area contributed by atoms with Gasteiger partial charge in [-0.1, -0.05) is 31.9 Å². The van der Waals surface area contributed by atoms with Crippen molar-refractivity contribution in [1.82, 2.24) is 4.90 Å². The van der Waals surface area contributed by atoms with E-state index in [0.717, 1.165) is 5.92 Å². The van der Waals surface area contributed by atoms with Crippen LogP contribution in [-0.4, -0.2) is 42.4 Å². The molecule has 0 bridgehead atoms. The Balaban J connectivity index is 1.76. The minimum absolute atomic E-state index is 0.279. The summed E-state index contributed by atoms with van der Waals surface area (Å²) in [5.41, 5.74) is 6.43. The molecule has 1 aromatic carbocycles. The maximum absolute atomic E-state index is 10.2. The van der Waals surface area contributed by atoms with Gasteiger partial charge < -0.3 is 20.5 Å². The maximum Gasteiger partial charge on any atom is 0.142 e. The van der Waals surface area contributed by atoms with Gasteiger partial charge in [0.05, 0.1) is 5.69 Å². The molecule has 0 saturated heterocycles. The lowest BCUT2D eigenvalue weighted by Gasteiger charge is -2.35. The number of rotatable bonds is 6. The van der Waals surface area contributed by atoms with Gasteiger partial charge in [0.2, 0.25) is 0 Å². The van der Waals surface area contributed by atoms with E-state index >= 15 is 0 Å². The molecule has 1 fully saturated rings. The van der Waals surface area contributed by atoms with Crippen LogP contribution in [0.5, 0.6) is 5.75 Å². The molecule has 1 saturated carbocycles. The highest BCUT2D eigenvalue weighted by Gasteiger charge is 2.23. The normalized spacial score (nSPS) is 24.0. The van der Waals surface area contributed by atoms with Crippen molar-refractivity contribution in [3.63, 3.8) is 0 Å². The van der Waals surface area contributed by atoms with E-state index in [0.29, 0.717) is 24.0 Å². The van der Waals surface area contributed by atoms with E-state index in [-0.39, 0.29) is 6.61 Å². The Morgan fingerprint density at radius 3 is 2.86 bits per heavy atom. The van der Waals surface area contributed by atoms with Crippen LogP contribution in [0.25, 0.3) is 0 Å². The van der Waals surface area contributed by atoms with Crippen molar-refractivity contribution in [2.75, 3.05) is 25.9 Å². The molecule has 1 aliphatic rings. The molecular weight excluding hydrogens is 264 g/mol. The molecule has 0 aliphatic heterocycles. The lowest BCUT2D eigenvalue weighted by atomic mass is 9.86. The van der Waals surface area contributed by atoms with Crippen LogP contribution < -0.4 is 10.5 Å². The zero-order valence-corrected chi connectivity index (χ0v) is 13.2. The Morgan fingerprint density at radius 1 is 1.38 bits per heavy atom. The summed E-state index contributed by atoms with van der Waals surface area (Å²) in [6.45, 7) is 3.24. The minimum atomic E-state index is -0.494. The van der Waals surface area contributed by atoms with Crippen LogP contribution in [0.3, 0.4) is 0 Å². The van der Waals surface area contributed by atoms with Gasteiger partial charge in [-0.3, -0.25) is 0 Å². The number of aliphatic hydroxyl groups is 1. The highest BCUT2D eigenvalue weighted by Crippen LogP contribution is 2.26. The third kappa shape index (κ3) is 4.90. The number of aliphatic hydroxyl groups excluding tert-OH is 1. The molecule has 3 N–H and O–H groups in total. The number of ether oxygens (including phenoxy) is 1. The van der Waals surface area contributed by atoms with Crippen molar-refractivity contribution >= 4 is 5.69 Å². The van der Waals surface area contributed by atoms with Crippen molar-refractivity contribution < 1.29 is 9.84 Å². The Kier molecular flexibility index (Phi) is 5.88. The summed E-state index contributed by atoms with van der Waals surface area (Å²) in [4.78, 5) is 2.28. The van der Waals surface area contributed by atoms with E-state index in [4.69, 9.17) is 10.5 Å². The number of para-hydroxylation sites is 2. The largest absolute Gasteiger partial charge is 0.489 e. The van der Waals surface area contributed by atoms with Gasteiger partial charge in [-0.2, -0.15) is 0 Å². The van der Waals surface area contributed by atoms with E-state index in [1.807, 2.05) is 18.2 Å². The van der Waals surface area contributed by atoms with Crippen LogP contribution in [0.2, 0.25) is 0 Å². The fourth-order valence-electron chi connectivity index (χ4n) is 3.13. The van der Waals surface area contributed by atoms with Crippen molar-refractivity contribution in [1.29, 1.82) is 0 Å². The van der Waals surface area contributed by atoms with E-state index in [1.165, 1.54) is 25.7 Å². The number of nitrogen functional groups attached to an aromatic ring is 1. The van der Waals surface area contributed by atoms with Gasteiger partial charge in [0.15, 0.2) is 0 Å². The third-order valence-corrected chi connectivity index (χ3v) is 4.38. The summed E-state index contributed by atoms with van der Waals surface area (Å²) in [6, 6.07) is 7.97. The second kappa shape index (κ2) is 7.66. The number of hydrogen-bond donors (Lipinski definition) is 2. The monoisotopic (exact) mass is 292 g/mol.